The van der Waals surface area contributed by atoms with Crippen molar-refractivity contribution in [1.82, 2.24) is 9.88 Å². The van der Waals surface area contributed by atoms with Crippen LogP contribution in [0.5, 0.6) is 0 Å². The topological polar surface area (TPSA) is 42.1 Å². The summed E-state index contributed by atoms with van der Waals surface area (Å²) >= 11 is 5.29. The lowest BCUT2D eigenvalue weighted by Gasteiger charge is -2.31. The van der Waals surface area contributed by atoms with Crippen molar-refractivity contribution < 1.29 is 0 Å². The maximum absolute atomic E-state index is 6.35. The lowest BCUT2D eigenvalue weighted by molar-refractivity contribution is 0.205. The number of likely N-dealkylation sites (N-methyl/N-ethyl adjacent to an activating group) is 1. The van der Waals surface area contributed by atoms with Crippen molar-refractivity contribution in [2.45, 2.75) is 32.0 Å². The van der Waals surface area contributed by atoms with Crippen LogP contribution in [0.3, 0.4) is 0 Å². The van der Waals surface area contributed by atoms with E-state index in [-0.39, 0.29) is 12.1 Å². The normalized spacial score (nSPS) is 14.4. The number of nitrogens with two attached hydrogens (primary N) is 1. The number of nitrogens with zero attached hydrogens (tertiary/aromatic N) is 2. The van der Waals surface area contributed by atoms with Crippen LogP contribution < -0.4 is 5.73 Å². The Bertz CT molecular complexity index is 529. The Morgan fingerprint density at radius 2 is 2.10 bits per heavy atom. The van der Waals surface area contributed by atoms with Gasteiger partial charge in [-0.15, -0.1) is 11.3 Å². The molecule has 0 saturated carbocycles. The van der Waals surface area contributed by atoms with Crippen LogP contribution in [-0.4, -0.2) is 23.0 Å². The van der Waals surface area contributed by atoms with Gasteiger partial charge in [0, 0.05) is 39.7 Å². The van der Waals surface area contributed by atoms with E-state index in [9.17, 15) is 0 Å². The molecule has 20 heavy (non-hydrogen) atoms. The van der Waals surface area contributed by atoms with Crippen molar-refractivity contribution in [2.75, 3.05) is 7.05 Å². The van der Waals surface area contributed by atoms with E-state index in [1.807, 2.05) is 12.4 Å². The highest BCUT2D eigenvalue weighted by Gasteiger charge is 2.24. The molecule has 0 aliphatic heterocycles. The van der Waals surface area contributed by atoms with Crippen LogP contribution in [0.4, 0.5) is 0 Å². The first kappa shape index (κ1) is 15.6. The first-order valence-electron chi connectivity index (χ1n) is 6.70. The second-order valence-electron chi connectivity index (χ2n) is 4.95. The third-order valence-corrected chi connectivity index (χ3v) is 5.18. The summed E-state index contributed by atoms with van der Waals surface area (Å²) in [7, 11) is 2.13. The number of aromatic nitrogens is 1. The Labute approximate surface area is 133 Å². The van der Waals surface area contributed by atoms with Crippen LogP contribution in [0.25, 0.3) is 0 Å². The van der Waals surface area contributed by atoms with Crippen molar-refractivity contribution in [3.8, 4) is 0 Å². The predicted molar refractivity (Wildman–Crippen MR) is 88.7 cm³/mol. The monoisotopic (exact) mass is 353 g/mol. The molecule has 0 aromatic carbocycles. The van der Waals surface area contributed by atoms with E-state index in [4.69, 9.17) is 5.73 Å². The number of hydrogen-bond acceptors (Lipinski definition) is 4. The molecule has 2 heterocycles. The highest BCUT2D eigenvalue weighted by molar-refractivity contribution is 9.10. The molecule has 3 nitrogen and oxygen atoms in total. The first-order chi connectivity index (χ1) is 9.61. The fourth-order valence-corrected chi connectivity index (χ4v) is 4.02. The third kappa shape index (κ3) is 3.88. The zero-order valence-corrected chi connectivity index (χ0v) is 14.2. The lowest BCUT2D eigenvalue weighted by atomic mass is 10.0. The summed E-state index contributed by atoms with van der Waals surface area (Å²) in [5.74, 6) is 0. The third-order valence-electron chi connectivity index (χ3n) is 3.41. The number of rotatable bonds is 6. The maximum Gasteiger partial charge on any atom is 0.0594 e. The zero-order valence-electron chi connectivity index (χ0n) is 11.8. The Morgan fingerprint density at radius 3 is 2.65 bits per heavy atom. The average Bonchev–Trinajstić information content (AvgIpc) is 2.86. The van der Waals surface area contributed by atoms with Crippen LogP contribution >= 0.6 is 27.3 Å². The van der Waals surface area contributed by atoms with Gasteiger partial charge in [0.15, 0.2) is 0 Å². The van der Waals surface area contributed by atoms with E-state index in [1.54, 1.807) is 11.3 Å². The summed E-state index contributed by atoms with van der Waals surface area (Å²) in [4.78, 5) is 7.69. The standard InChI is InChI=1S/C15H20BrN3S/c1-3-13(17)15(14-8-12(16)10-20-14)19(2)9-11-4-6-18-7-5-11/h4-8,10,13,15H,3,9,17H2,1-2H3. The molecule has 0 aliphatic rings. The fourth-order valence-electron chi connectivity index (χ4n) is 2.34. The van der Waals surface area contributed by atoms with Gasteiger partial charge in [-0.05, 0) is 53.2 Å². The van der Waals surface area contributed by atoms with Gasteiger partial charge in [0.2, 0.25) is 0 Å². The van der Waals surface area contributed by atoms with E-state index in [0.717, 1.165) is 17.4 Å². The minimum atomic E-state index is 0.132. The van der Waals surface area contributed by atoms with Gasteiger partial charge in [-0.1, -0.05) is 6.92 Å². The predicted octanol–water partition coefficient (Wildman–Crippen LogP) is 3.82. The second-order valence-corrected chi connectivity index (χ2v) is 6.81. The summed E-state index contributed by atoms with van der Waals surface area (Å²) < 4.78 is 1.13. The Morgan fingerprint density at radius 1 is 1.40 bits per heavy atom. The van der Waals surface area contributed by atoms with E-state index >= 15 is 0 Å². The molecule has 2 atom stereocenters. The molecule has 2 unspecified atom stereocenters. The van der Waals surface area contributed by atoms with Crippen molar-refractivity contribution in [3.05, 3.63) is 50.9 Å². The van der Waals surface area contributed by atoms with Gasteiger partial charge < -0.3 is 5.73 Å². The van der Waals surface area contributed by atoms with Crippen LogP contribution in [0.2, 0.25) is 0 Å². The molecular weight excluding hydrogens is 334 g/mol. The van der Waals surface area contributed by atoms with Crippen molar-refractivity contribution in [1.29, 1.82) is 0 Å². The van der Waals surface area contributed by atoms with E-state index in [1.165, 1.54) is 10.4 Å². The molecule has 108 valence electrons. The van der Waals surface area contributed by atoms with Crippen LogP contribution in [0.15, 0.2) is 40.4 Å². The molecule has 0 fully saturated rings. The minimum Gasteiger partial charge on any atom is -0.326 e. The molecule has 0 aliphatic carbocycles. The Balaban J connectivity index is 2.18. The highest BCUT2D eigenvalue weighted by atomic mass is 79.9. The number of hydrogen-bond donors (Lipinski definition) is 1. The Hall–Kier alpha value is -0.750. The molecule has 0 amide bonds. The Kier molecular flexibility index (Phi) is 5.72. The van der Waals surface area contributed by atoms with E-state index in [2.05, 4.69) is 63.4 Å². The van der Waals surface area contributed by atoms with E-state index < -0.39 is 0 Å². The molecule has 0 bridgehead atoms. The molecule has 2 aromatic rings. The van der Waals surface area contributed by atoms with Gasteiger partial charge in [-0.25, -0.2) is 0 Å². The summed E-state index contributed by atoms with van der Waals surface area (Å²) in [6.45, 7) is 3.01. The molecular formula is C15H20BrN3S. The SMILES string of the molecule is CCC(N)C(c1cc(Br)cs1)N(C)Cc1ccncc1. The molecule has 0 saturated heterocycles. The first-order valence-corrected chi connectivity index (χ1v) is 8.37. The number of thiophene rings is 1. The summed E-state index contributed by atoms with van der Waals surface area (Å²) in [6, 6.07) is 6.65. The van der Waals surface area contributed by atoms with Gasteiger partial charge in [-0.3, -0.25) is 9.88 Å². The summed E-state index contributed by atoms with van der Waals surface area (Å²) in [5, 5.41) is 2.12. The summed E-state index contributed by atoms with van der Waals surface area (Å²) in [5.41, 5.74) is 7.61. The lowest BCUT2D eigenvalue weighted by Crippen LogP contribution is -2.38. The minimum absolute atomic E-state index is 0.132. The van der Waals surface area contributed by atoms with Gasteiger partial charge in [0.05, 0.1) is 6.04 Å². The average molecular weight is 354 g/mol. The smallest absolute Gasteiger partial charge is 0.0594 e. The highest BCUT2D eigenvalue weighted by Crippen LogP contribution is 2.32. The van der Waals surface area contributed by atoms with Crippen molar-refractivity contribution in [3.63, 3.8) is 0 Å². The maximum atomic E-state index is 6.35. The number of pyridine rings is 1. The quantitative estimate of drug-likeness (QED) is 0.858. The van der Waals surface area contributed by atoms with Gasteiger partial charge in [0.25, 0.3) is 0 Å². The van der Waals surface area contributed by atoms with Crippen molar-refractivity contribution >= 4 is 27.3 Å². The van der Waals surface area contributed by atoms with E-state index in [0.29, 0.717) is 0 Å². The van der Waals surface area contributed by atoms with Gasteiger partial charge >= 0.3 is 0 Å². The molecule has 0 radical (unpaired) electrons. The molecule has 2 N–H and O–H groups in total. The fraction of sp³-hybridized carbons (Fsp3) is 0.400. The zero-order chi connectivity index (χ0) is 14.5. The van der Waals surface area contributed by atoms with Gasteiger partial charge in [0.1, 0.15) is 0 Å². The molecule has 0 spiro atoms. The molecule has 2 rings (SSSR count). The number of halogens is 1. The molecule has 5 heteroatoms. The second kappa shape index (κ2) is 7.31. The van der Waals surface area contributed by atoms with Crippen LogP contribution in [0, 0.1) is 0 Å². The van der Waals surface area contributed by atoms with Crippen molar-refractivity contribution in [2.24, 2.45) is 5.73 Å². The van der Waals surface area contributed by atoms with Gasteiger partial charge in [-0.2, -0.15) is 0 Å². The molecule has 2 aromatic heterocycles. The summed E-state index contributed by atoms with van der Waals surface area (Å²) in [6.07, 6.45) is 4.63. The van der Waals surface area contributed by atoms with Crippen LogP contribution in [-0.2, 0) is 6.54 Å². The van der Waals surface area contributed by atoms with Crippen LogP contribution in [0.1, 0.15) is 29.8 Å². The largest absolute Gasteiger partial charge is 0.326 e.